The van der Waals surface area contributed by atoms with Gasteiger partial charge in [-0.2, -0.15) is 13.2 Å². The van der Waals surface area contributed by atoms with E-state index in [9.17, 15) is 18.0 Å². The lowest BCUT2D eigenvalue weighted by Crippen LogP contribution is -2.33. The van der Waals surface area contributed by atoms with Crippen LogP contribution in [0, 0.1) is 0 Å². The molecule has 0 atom stereocenters. The van der Waals surface area contributed by atoms with Crippen LogP contribution in [-0.4, -0.2) is 30.3 Å². The highest BCUT2D eigenvalue weighted by Crippen LogP contribution is 2.32. The smallest absolute Gasteiger partial charge is 0.293 e. The van der Waals surface area contributed by atoms with Crippen LogP contribution in [0.5, 0.6) is 0 Å². The predicted molar refractivity (Wildman–Crippen MR) is 117 cm³/mol. The van der Waals surface area contributed by atoms with Crippen LogP contribution >= 0.6 is 12.4 Å². The van der Waals surface area contributed by atoms with Crippen molar-refractivity contribution in [2.45, 2.75) is 38.8 Å². The molecule has 0 fully saturated rings. The maximum absolute atomic E-state index is 12.9. The molecule has 0 spiro atoms. The number of Topliss-reactive ketones (excluding diaryl/α,β-unsaturated/α-hetero) is 1. The molecule has 0 amide bonds. The van der Waals surface area contributed by atoms with E-state index in [-0.39, 0.29) is 23.6 Å². The standard InChI is InChI=1S/C24H26F3NO.ClH/c1-23(2,3)20-9-7-18(8-10-20)22(29)16-28-13-11-17(12-14-28)19-5-4-6-21(15-19)24(25,26)27;/h4-11,15H,12-14,16H2,1-3H3;1H. The Labute approximate surface area is 182 Å². The summed E-state index contributed by atoms with van der Waals surface area (Å²) in [6.07, 6.45) is -1.79. The summed E-state index contributed by atoms with van der Waals surface area (Å²) in [6.45, 7) is 7.90. The topological polar surface area (TPSA) is 20.3 Å². The van der Waals surface area contributed by atoms with Gasteiger partial charge in [-0.15, -0.1) is 12.4 Å². The van der Waals surface area contributed by atoms with Crippen molar-refractivity contribution in [1.29, 1.82) is 0 Å². The average molecular weight is 438 g/mol. The summed E-state index contributed by atoms with van der Waals surface area (Å²) in [6, 6.07) is 13.2. The molecule has 3 rings (SSSR count). The van der Waals surface area contributed by atoms with Crippen molar-refractivity contribution in [1.82, 2.24) is 4.90 Å². The van der Waals surface area contributed by atoms with Crippen LogP contribution in [-0.2, 0) is 11.6 Å². The minimum atomic E-state index is -4.34. The largest absolute Gasteiger partial charge is 0.416 e. The lowest BCUT2D eigenvalue weighted by atomic mass is 9.86. The first kappa shape index (κ1) is 24.2. The maximum atomic E-state index is 12.9. The number of hydrogen-bond acceptors (Lipinski definition) is 2. The number of alkyl halides is 3. The molecule has 0 aromatic heterocycles. The van der Waals surface area contributed by atoms with Gasteiger partial charge in [0.15, 0.2) is 5.78 Å². The number of hydrogen-bond donors (Lipinski definition) is 0. The van der Waals surface area contributed by atoms with Crippen molar-refractivity contribution < 1.29 is 18.0 Å². The zero-order valence-corrected chi connectivity index (χ0v) is 18.2. The number of carbonyl (C=O) groups is 1. The first-order valence-corrected chi connectivity index (χ1v) is 9.77. The molecule has 0 saturated carbocycles. The maximum Gasteiger partial charge on any atom is 0.416 e. The third-order valence-electron chi connectivity index (χ3n) is 5.29. The highest BCUT2D eigenvalue weighted by molar-refractivity contribution is 5.97. The minimum Gasteiger partial charge on any atom is -0.293 e. The second-order valence-electron chi connectivity index (χ2n) is 8.54. The van der Waals surface area contributed by atoms with E-state index < -0.39 is 11.7 Å². The molecule has 1 aliphatic heterocycles. The molecule has 2 aromatic rings. The number of nitrogens with zero attached hydrogens (tertiary/aromatic N) is 1. The quantitative estimate of drug-likeness (QED) is 0.516. The molecule has 0 unspecified atom stereocenters. The Morgan fingerprint density at radius 3 is 2.20 bits per heavy atom. The van der Waals surface area contributed by atoms with E-state index in [0.29, 0.717) is 37.2 Å². The molecule has 2 aromatic carbocycles. The summed E-state index contributed by atoms with van der Waals surface area (Å²) >= 11 is 0. The molecule has 0 aliphatic carbocycles. The van der Waals surface area contributed by atoms with Crippen molar-refractivity contribution >= 4 is 23.8 Å². The normalized spacial score (nSPS) is 15.3. The summed E-state index contributed by atoms with van der Waals surface area (Å²) < 4.78 is 38.8. The zero-order chi connectivity index (χ0) is 21.2. The fourth-order valence-electron chi connectivity index (χ4n) is 3.46. The predicted octanol–water partition coefficient (Wildman–Crippen LogP) is 6.40. The summed E-state index contributed by atoms with van der Waals surface area (Å²) in [4.78, 5) is 14.6. The number of rotatable bonds is 4. The fraction of sp³-hybridized carbons (Fsp3) is 0.375. The Hall–Kier alpha value is -2.11. The Morgan fingerprint density at radius 1 is 1.00 bits per heavy atom. The van der Waals surface area contributed by atoms with E-state index in [4.69, 9.17) is 0 Å². The number of carbonyl (C=O) groups excluding carboxylic acids is 1. The second kappa shape index (κ2) is 9.36. The summed E-state index contributed by atoms with van der Waals surface area (Å²) in [5.41, 5.74) is 2.77. The molecule has 1 aliphatic rings. The van der Waals surface area contributed by atoms with E-state index in [2.05, 4.69) is 20.8 Å². The van der Waals surface area contributed by atoms with Gasteiger partial charge in [0.25, 0.3) is 0 Å². The highest BCUT2D eigenvalue weighted by Gasteiger charge is 2.30. The van der Waals surface area contributed by atoms with Crippen LogP contribution < -0.4 is 0 Å². The number of ketones is 1. The van der Waals surface area contributed by atoms with E-state index in [1.165, 1.54) is 17.7 Å². The summed E-state index contributed by atoms with van der Waals surface area (Å²) in [7, 11) is 0. The van der Waals surface area contributed by atoms with E-state index in [1.54, 1.807) is 6.07 Å². The Balaban J connectivity index is 0.00000320. The van der Waals surface area contributed by atoms with Gasteiger partial charge in [0.2, 0.25) is 0 Å². The third kappa shape index (κ3) is 5.96. The molecule has 0 bridgehead atoms. The van der Waals surface area contributed by atoms with Crippen molar-refractivity contribution in [3.63, 3.8) is 0 Å². The zero-order valence-electron chi connectivity index (χ0n) is 17.4. The lowest BCUT2D eigenvalue weighted by Gasteiger charge is -2.26. The second-order valence-corrected chi connectivity index (χ2v) is 8.54. The third-order valence-corrected chi connectivity index (χ3v) is 5.29. The molecule has 0 radical (unpaired) electrons. The Kier molecular flexibility index (Phi) is 7.54. The van der Waals surface area contributed by atoms with Gasteiger partial charge in [-0.1, -0.05) is 63.2 Å². The van der Waals surface area contributed by atoms with Crippen LogP contribution in [0.3, 0.4) is 0 Å². The number of benzene rings is 2. The highest BCUT2D eigenvalue weighted by atomic mass is 35.5. The van der Waals surface area contributed by atoms with Gasteiger partial charge in [0.05, 0.1) is 12.1 Å². The van der Waals surface area contributed by atoms with Gasteiger partial charge < -0.3 is 0 Å². The van der Waals surface area contributed by atoms with Gasteiger partial charge >= 0.3 is 6.18 Å². The minimum absolute atomic E-state index is 0. The van der Waals surface area contributed by atoms with E-state index in [0.717, 1.165) is 11.6 Å². The Bertz CT molecular complexity index is 911. The molecule has 162 valence electrons. The van der Waals surface area contributed by atoms with Gasteiger partial charge in [-0.25, -0.2) is 0 Å². The van der Waals surface area contributed by atoms with Crippen LogP contribution in [0.25, 0.3) is 5.57 Å². The molecule has 2 nitrogen and oxygen atoms in total. The Morgan fingerprint density at radius 2 is 1.67 bits per heavy atom. The molecular weight excluding hydrogens is 411 g/mol. The van der Waals surface area contributed by atoms with Gasteiger partial charge in [0.1, 0.15) is 0 Å². The van der Waals surface area contributed by atoms with Crippen LogP contribution in [0.4, 0.5) is 13.2 Å². The fourth-order valence-corrected chi connectivity index (χ4v) is 3.46. The molecule has 0 N–H and O–H groups in total. The molecule has 6 heteroatoms. The molecule has 1 heterocycles. The SMILES string of the molecule is CC(C)(C)c1ccc(C(=O)CN2CC=C(c3cccc(C(F)(F)F)c3)CC2)cc1.Cl. The van der Waals surface area contributed by atoms with E-state index >= 15 is 0 Å². The van der Waals surface area contributed by atoms with E-state index in [1.807, 2.05) is 35.2 Å². The monoisotopic (exact) mass is 437 g/mol. The van der Waals surface area contributed by atoms with Crippen LogP contribution in [0.15, 0.2) is 54.6 Å². The first-order valence-electron chi connectivity index (χ1n) is 9.77. The molecule has 0 saturated heterocycles. The van der Waals surface area contributed by atoms with Gasteiger partial charge in [0, 0.05) is 18.7 Å². The number of halogens is 4. The van der Waals surface area contributed by atoms with Crippen molar-refractivity contribution in [2.24, 2.45) is 0 Å². The van der Waals surface area contributed by atoms with Crippen molar-refractivity contribution in [3.8, 4) is 0 Å². The van der Waals surface area contributed by atoms with Crippen molar-refractivity contribution in [2.75, 3.05) is 19.6 Å². The first-order chi connectivity index (χ1) is 13.5. The van der Waals surface area contributed by atoms with Crippen LogP contribution in [0.2, 0.25) is 0 Å². The van der Waals surface area contributed by atoms with Crippen molar-refractivity contribution in [3.05, 3.63) is 76.9 Å². The lowest BCUT2D eigenvalue weighted by molar-refractivity contribution is -0.137. The molecular formula is C24H27ClF3NO. The van der Waals surface area contributed by atoms with Crippen LogP contribution in [0.1, 0.15) is 54.2 Å². The summed E-state index contributed by atoms with van der Waals surface area (Å²) in [5.74, 6) is 0.0568. The van der Waals surface area contributed by atoms with Gasteiger partial charge in [-0.05, 0) is 40.7 Å². The van der Waals surface area contributed by atoms with Gasteiger partial charge in [-0.3, -0.25) is 9.69 Å². The summed E-state index contributed by atoms with van der Waals surface area (Å²) in [5, 5.41) is 0. The average Bonchev–Trinajstić information content (AvgIpc) is 2.67. The molecule has 30 heavy (non-hydrogen) atoms.